The number of fused-ring (bicyclic) bond motifs is 14. The number of para-hydroxylation sites is 5. The molecular formula is C82H56N6O2. The van der Waals surface area contributed by atoms with Gasteiger partial charge in [0.2, 0.25) is 0 Å². The third-order valence-corrected chi connectivity index (χ3v) is 17.6. The summed E-state index contributed by atoms with van der Waals surface area (Å²) < 4.78 is 19.2. The first kappa shape index (κ1) is 52.3. The molecule has 0 atom stereocenters. The van der Waals surface area contributed by atoms with E-state index in [1.165, 1.54) is 10.8 Å². The second-order valence-corrected chi connectivity index (χ2v) is 23.1. The second-order valence-electron chi connectivity index (χ2n) is 23.1. The van der Waals surface area contributed by atoms with Crippen molar-refractivity contribution in [3.05, 3.63) is 301 Å². The molecule has 0 saturated carbocycles. The maximum atomic E-state index is 7.29. The van der Waals surface area contributed by atoms with Gasteiger partial charge in [-0.3, -0.25) is 0 Å². The van der Waals surface area contributed by atoms with Gasteiger partial charge in [0.15, 0.2) is 11.5 Å². The molecule has 0 spiro atoms. The number of ether oxygens (including phenoxy) is 2. The van der Waals surface area contributed by atoms with Crippen LogP contribution in [0.4, 0.5) is 0 Å². The topological polar surface area (TPSA) is 85.7 Å². The van der Waals surface area contributed by atoms with Gasteiger partial charge in [-0.2, -0.15) is 0 Å². The molecule has 2 N–H and O–H groups in total. The Kier molecular flexibility index (Phi) is 12.5. The van der Waals surface area contributed by atoms with Crippen LogP contribution in [0.2, 0.25) is 0 Å². The molecule has 5 aromatic heterocycles. The maximum Gasteiger partial charge on any atom is 0.154 e. The van der Waals surface area contributed by atoms with Crippen LogP contribution < -0.4 is 9.47 Å². The van der Waals surface area contributed by atoms with Crippen LogP contribution in [0.15, 0.2) is 267 Å². The SMILES string of the molecule is Cc1cccc(-n2c3ccccc3c3ccccc32)c1Oc1cc(C)c(Oc2ccc(-c3c4nc(c(-c5ccccc5)c5ccc([nH]5)c(-c5ccccc5)c5nc(c(-c6ccccc6)c6ccc3[nH]6)C=C5)C=C4)cc2)c(-n2c3ccccc3c3ccccc32)c1. The molecular weight excluding hydrogens is 1100 g/mol. The van der Waals surface area contributed by atoms with Gasteiger partial charge in [-0.15, -0.1) is 0 Å². The molecule has 0 aliphatic carbocycles. The van der Waals surface area contributed by atoms with Gasteiger partial charge in [-0.05, 0) is 144 Å². The Labute approximate surface area is 519 Å². The van der Waals surface area contributed by atoms with Gasteiger partial charge in [0.25, 0.3) is 0 Å². The Bertz CT molecular complexity index is 5470. The fourth-order valence-corrected chi connectivity index (χ4v) is 13.6. The summed E-state index contributed by atoms with van der Waals surface area (Å²) in [6.45, 7) is 4.23. The Balaban J connectivity index is 0.837. The first-order valence-electron chi connectivity index (χ1n) is 30.5. The number of aromatic amines is 2. The molecule has 2 aliphatic rings. The molecule has 90 heavy (non-hydrogen) atoms. The number of hydrogen-bond acceptors (Lipinski definition) is 4. The quantitative estimate of drug-likeness (QED) is 0.143. The van der Waals surface area contributed by atoms with E-state index in [4.69, 9.17) is 19.4 Å². The minimum absolute atomic E-state index is 0.675. The van der Waals surface area contributed by atoms with E-state index in [0.717, 1.165) is 150 Å². The van der Waals surface area contributed by atoms with Crippen molar-refractivity contribution < 1.29 is 9.47 Å². The summed E-state index contributed by atoms with van der Waals surface area (Å²) in [6, 6.07) is 93.7. The molecule has 8 bridgehead atoms. The number of rotatable bonds is 10. The Morgan fingerprint density at radius 3 is 1.04 bits per heavy atom. The van der Waals surface area contributed by atoms with Gasteiger partial charge < -0.3 is 28.6 Å². The minimum atomic E-state index is 0.675. The summed E-state index contributed by atoms with van der Waals surface area (Å²) in [5.74, 6) is 2.85. The highest BCUT2D eigenvalue weighted by Gasteiger charge is 2.24. The van der Waals surface area contributed by atoms with E-state index in [2.05, 4.69) is 324 Å². The van der Waals surface area contributed by atoms with Gasteiger partial charge in [0.05, 0.1) is 56.2 Å². The molecule has 17 rings (SSSR count). The largest absolute Gasteiger partial charge is 0.455 e. The fraction of sp³-hybridized carbons (Fsp3) is 0.0244. The minimum Gasteiger partial charge on any atom is -0.455 e. The number of benzene rings is 10. The first-order valence-corrected chi connectivity index (χ1v) is 30.5. The summed E-state index contributed by atoms with van der Waals surface area (Å²) in [5, 5.41) is 4.68. The lowest BCUT2D eigenvalue weighted by atomic mass is 10.0. The molecule has 0 saturated heterocycles. The van der Waals surface area contributed by atoms with Gasteiger partial charge in [-0.25, -0.2) is 9.97 Å². The third kappa shape index (κ3) is 8.83. The van der Waals surface area contributed by atoms with E-state index in [-0.39, 0.29) is 0 Å². The van der Waals surface area contributed by atoms with Crippen molar-refractivity contribution in [1.82, 2.24) is 29.1 Å². The molecule has 426 valence electrons. The van der Waals surface area contributed by atoms with Crippen LogP contribution in [-0.2, 0) is 0 Å². The van der Waals surface area contributed by atoms with Gasteiger partial charge in [0.1, 0.15) is 11.5 Å². The van der Waals surface area contributed by atoms with Crippen molar-refractivity contribution in [3.8, 4) is 78.9 Å². The van der Waals surface area contributed by atoms with Crippen molar-refractivity contribution in [2.24, 2.45) is 0 Å². The molecule has 7 heterocycles. The van der Waals surface area contributed by atoms with E-state index >= 15 is 0 Å². The lowest BCUT2D eigenvalue weighted by molar-refractivity contribution is 0.462. The number of H-pyrrole nitrogens is 2. The molecule has 0 unspecified atom stereocenters. The molecule has 15 aromatic rings. The standard InChI is InChI=1S/C82H56N6O2/c1-51-21-20-36-75(87-71-32-16-12-28-59(71)60-29-13-17-33-72(60)87)81(51)90-58-49-52(2)82(76(50-58)88-73-34-18-14-30-61(73)62-31-15-19-35-74(62)88)89-57-39-37-56(38-40-57)80-69-47-45-67(85-69)78(54-24-8-4-9-25-54)65-43-41-63(83-65)77(53-22-6-3-7-23-53)64-42-44-66(84-64)79(55-26-10-5-11-27-55)68-46-48-70(80)86-68/h3-50,83,86H,1-2H3. The molecule has 2 aliphatic heterocycles. The monoisotopic (exact) mass is 1160 g/mol. The summed E-state index contributed by atoms with van der Waals surface area (Å²) in [6.07, 6.45) is 8.56. The molecule has 0 fully saturated rings. The molecule has 8 nitrogen and oxygen atoms in total. The Morgan fingerprint density at radius 1 is 0.289 bits per heavy atom. The number of nitrogens with one attached hydrogen (secondary N) is 2. The number of aromatic nitrogens is 6. The van der Waals surface area contributed by atoms with Crippen LogP contribution in [0, 0.1) is 13.8 Å². The van der Waals surface area contributed by atoms with E-state index < -0.39 is 0 Å². The highest BCUT2D eigenvalue weighted by Crippen LogP contribution is 2.46. The third-order valence-electron chi connectivity index (χ3n) is 17.6. The first-order chi connectivity index (χ1) is 44.5. The van der Waals surface area contributed by atoms with Crippen molar-refractivity contribution >= 4 is 90.0 Å². The lowest BCUT2D eigenvalue weighted by Gasteiger charge is -2.21. The normalized spacial score (nSPS) is 12.0. The Hall–Kier alpha value is -12.0. The van der Waals surface area contributed by atoms with Gasteiger partial charge in [-0.1, -0.05) is 188 Å². The number of hydrogen-bond donors (Lipinski definition) is 2. The van der Waals surface area contributed by atoms with Crippen molar-refractivity contribution in [2.75, 3.05) is 0 Å². The van der Waals surface area contributed by atoms with Crippen molar-refractivity contribution in [1.29, 1.82) is 0 Å². The van der Waals surface area contributed by atoms with Gasteiger partial charge >= 0.3 is 0 Å². The lowest BCUT2D eigenvalue weighted by Crippen LogP contribution is -2.03. The summed E-state index contributed by atoms with van der Waals surface area (Å²) in [4.78, 5) is 18.9. The van der Waals surface area contributed by atoms with Crippen LogP contribution in [0.5, 0.6) is 23.0 Å². The van der Waals surface area contributed by atoms with Crippen LogP contribution in [0.1, 0.15) is 33.9 Å². The van der Waals surface area contributed by atoms with Crippen molar-refractivity contribution in [2.45, 2.75) is 13.8 Å². The van der Waals surface area contributed by atoms with E-state index in [1.54, 1.807) is 0 Å². The zero-order valence-corrected chi connectivity index (χ0v) is 49.3. The smallest absolute Gasteiger partial charge is 0.154 e. The molecule has 10 aromatic carbocycles. The van der Waals surface area contributed by atoms with E-state index in [9.17, 15) is 0 Å². The highest BCUT2D eigenvalue weighted by atomic mass is 16.5. The predicted molar refractivity (Wildman–Crippen MR) is 372 cm³/mol. The number of nitrogens with zero attached hydrogens (tertiary/aromatic N) is 4. The zero-order chi connectivity index (χ0) is 59.8. The Morgan fingerprint density at radius 2 is 0.633 bits per heavy atom. The van der Waals surface area contributed by atoms with Crippen LogP contribution in [0.3, 0.4) is 0 Å². The zero-order valence-electron chi connectivity index (χ0n) is 49.3. The van der Waals surface area contributed by atoms with Crippen LogP contribution in [-0.4, -0.2) is 29.1 Å². The second kappa shape index (κ2) is 21.4. The number of aryl methyl sites for hydroxylation is 2. The van der Waals surface area contributed by atoms with E-state index in [0.29, 0.717) is 17.2 Å². The summed E-state index contributed by atoms with van der Waals surface area (Å²) >= 11 is 0. The maximum absolute atomic E-state index is 7.29. The summed E-state index contributed by atoms with van der Waals surface area (Å²) in [7, 11) is 0. The van der Waals surface area contributed by atoms with Crippen LogP contribution >= 0.6 is 0 Å². The molecule has 0 amide bonds. The predicted octanol–water partition coefficient (Wildman–Crippen LogP) is 21.7. The average molecular weight is 1160 g/mol. The van der Waals surface area contributed by atoms with Crippen molar-refractivity contribution in [3.63, 3.8) is 0 Å². The van der Waals surface area contributed by atoms with Gasteiger partial charge in [0, 0.05) is 71.9 Å². The van der Waals surface area contributed by atoms with E-state index in [1.807, 2.05) is 0 Å². The van der Waals surface area contributed by atoms with Crippen LogP contribution in [0.25, 0.3) is 146 Å². The average Bonchev–Trinajstić information content (AvgIpc) is 1.72. The highest BCUT2D eigenvalue weighted by molar-refractivity contribution is 6.11. The summed E-state index contributed by atoms with van der Waals surface area (Å²) in [5.41, 5.74) is 23.3. The molecule has 0 radical (unpaired) electrons. The fourth-order valence-electron chi connectivity index (χ4n) is 13.6. The molecule has 8 heteroatoms.